The number of hydrogen-bond acceptors (Lipinski definition) is 6. The zero-order valence-electron chi connectivity index (χ0n) is 18.2. The van der Waals surface area contributed by atoms with E-state index in [1.165, 1.54) is 30.7 Å². The minimum Gasteiger partial charge on any atom is -0.327 e. The van der Waals surface area contributed by atoms with Gasteiger partial charge in [-0.15, -0.1) is 0 Å². The van der Waals surface area contributed by atoms with Crippen LogP contribution in [0, 0.1) is 12.7 Å². The molecule has 9 heteroatoms. The number of benzene rings is 1. The highest BCUT2D eigenvalue weighted by atomic mass is 19.1. The number of carbonyl (C=O) groups is 2. The summed E-state index contributed by atoms with van der Waals surface area (Å²) in [5.74, 6) is 0.449. The lowest BCUT2D eigenvalue weighted by atomic mass is 10.0. The number of rotatable bonds is 4. The van der Waals surface area contributed by atoms with E-state index in [-0.39, 0.29) is 35.9 Å². The van der Waals surface area contributed by atoms with Crippen LogP contribution in [0.5, 0.6) is 0 Å². The normalized spacial score (nSPS) is 17.9. The Morgan fingerprint density at radius 1 is 1.21 bits per heavy atom. The molecule has 0 aliphatic carbocycles. The molecule has 33 heavy (non-hydrogen) atoms. The fraction of sp³-hybridized carbons (Fsp3) is 0.333. The maximum atomic E-state index is 13.7. The Labute approximate surface area is 190 Å². The van der Waals surface area contributed by atoms with E-state index in [0.717, 1.165) is 24.1 Å². The van der Waals surface area contributed by atoms with E-state index < -0.39 is 0 Å². The van der Waals surface area contributed by atoms with Crippen molar-refractivity contribution in [2.75, 3.05) is 11.4 Å². The Morgan fingerprint density at radius 3 is 2.88 bits per heavy atom. The van der Waals surface area contributed by atoms with Crippen molar-refractivity contribution in [2.24, 2.45) is 0 Å². The molecule has 4 heterocycles. The van der Waals surface area contributed by atoms with E-state index in [9.17, 15) is 14.0 Å². The first-order chi connectivity index (χ1) is 16.0. The first-order valence-corrected chi connectivity index (χ1v) is 11.0. The number of hydrogen-bond donors (Lipinski definition) is 0. The van der Waals surface area contributed by atoms with Crippen molar-refractivity contribution >= 4 is 17.6 Å². The topological polar surface area (TPSA) is 92.2 Å². The van der Waals surface area contributed by atoms with Crippen LogP contribution in [0.25, 0.3) is 0 Å². The predicted molar refractivity (Wildman–Crippen MR) is 118 cm³/mol. The molecule has 1 aromatic carbocycles. The van der Waals surface area contributed by atoms with Gasteiger partial charge in [0.1, 0.15) is 17.3 Å². The molecule has 168 valence electrons. The third-order valence-corrected chi connectivity index (χ3v) is 6.18. The fourth-order valence-electron chi connectivity index (χ4n) is 4.57. The van der Waals surface area contributed by atoms with Gasteiger partial charge >= 0.3 is 0 Å². The number of amides is 2. The smallest absolute Gasteiger partial charge is 0.274 e. The van der Waals surface area contributed by atoms with Gasteiger partial charge < -0.3 is 4.90 Å². The maximum absolute atomic E-state index is 13.7. The first-order valence-electron chi connectivity index (χ1n) is 11.0. The summed E-state index contributed by atoms with van der Waals surface area (Å²) in [5.41, 5.74) is 2.68. The van der Waals surface area contributed by atoms with E-state index in [2.05, 4.69) is 9.97 Å². The van der Waals surface area contributed by atoms with Crippen molar-refractivity contribution in [2.45, 2.75) is 45.2 Å². The van der Waals surface area contributed by atoms with Crippen LogP contribution in [-0.2, 0) is 17.8 Å². The predicted octanol–water partition coefficient (Wildman–Crippen LogP) is 3.17. The Morgan fingerprint density at radius 2 is 2.09 bits per heavy atom. The second-order valence-electron chi connectivity index (χ2n) is 8.33. The molecule has 0 radical (unpaired) electrons. The fourth-order valence-corrected chi connectivity index (χ4v) is 4.57. The van der Waals surface area contributed by atoms with Gasteiger partial charge in [-0.2, -0.15) is 0 Å². The molecule has 0 unspecified atom stereocenters. The van der Waals surface area contributed by atoms with Crippen LogP contribution >= 0.6 is 0 Å². The molecule has 2 aromatic heterocycles. The highest BCUT2D eigenvalue weighted by molar-refractivity contribution is 5.95. The van der Waals surface area contributed by atoms with Gasteiger partial charge in [0.2, 0.25) is 5.91 Å². The van der Waals surface area contributed by atoms with Crippen LogP contribution in [0.15, 0.2) is 42.9 Å². The molecular formula is C24H23FN6O2. The van der Waals surface area contributed by atoms with Gasteiger partial charge in [0.05, 0.1) is 18.8 Å². The van der Waals surface area contributed by atoms with E-state index in [4.69, 9.17) is 9.97 Å². The first kappa shape index (κ1) is 21.1. The minimum atomic E-state index is -0.346. The zero-order valence-corrected chi connectivity index (χ0v) is 18.2. The van der Waals surface area contributed by atoms with E-state index in [1.807, 2.05) is 6.92 Å². The number of halogens is 1. The molecule has 1 atom stereocenters. The number of aromatic nitrogens is 4. The van der Waals surface area contributed by atoms with Gasteiger partial charge in [0.25, 0.3) is 5.91 Å². The second kappa shape index (κ2) is 8.65. The van der Waals surface area contributed by atoms with Crippen LogP contribution < -0.4 is 4.90 Å². The summed E-state index contributed by atoms with van der Waals surface area (Å²) in [6.45, 7) is 2.71. The van der Waals surface area contributed by atoms with Gasteiger partial charge in [0.15, 0.2) is 5.82 Å². The molecule has 1 fully saturated rings. The molecule has 2 amide bonds. The number of fused-ring (bicyclic) bond motifs is 1. The van der Waals surface area contributed by atoms with Crippen LogP contribution in [0.4, 0.5) is 10.2 Å². The highest BCUT2D eigenvalue weighted by Crippen LogP contribution is 2.35. The van der Waals surface area contributed by atoms with Crippen molar-refractivity contribution in [3.05, 3.63) is 77.0 Å². The monoisotopic (exact) mass is 446 g/mol. The second-order valence-corrected chi connectivity index (χ2v) is 8.33. The quantitative estimate of drug-likeness (QED) is 0.611. The average molecular weight is 446 g/mol. The van der Waals surface area contributed by atoms with Crippen molar-refractivity contribution in [1.82, 2.24) is 24.8 Å². The summed E-state index contributed by atoms with van der Waals surface area (Å²) >= 11 is 0. The lowest BCUT2D eigenvalue weighted by Gasteiger charge is -2.31. The van der Waals surface area contributed by atoms with Crippen molar-refractivity contribution < 1.29 is 14.0 Å². The SMILES string of the molecule is Cc1nc([C@@H]2CCCN2C(=O)c2cnccn2)nc2c1CCC(=O)N2Cc1cccc(F)c1. The highest BCUT2D eigenvalue weighted by Gasteiger charge is 2.36. The molecule has 8 nitrogen and oxygen atoms in total. The van der Waals surface area contributed by atoms with Gasteiger partial charge in [-0.05, 0) is 43.9 Å². The largest absolute Gasteiger partial charge is 0.327 e. The van der Waals surface area contributed by atoms with Gasteiger partial charge in [-0.1, -0.05) is 12.1 Å². The number of carbonyl (C=O) groups excluding carboxylic acids is 2. The van der Waals surface area contributed by atoms with Gasteiger partial charge in [-0.3, -0.25) is 19.5 Å². The third kappa shape index (κ3) is 4.06. The van der Waals surface area contributed by atoms with E-state index in [1.54, 1.807) is 21.9 Å². The molecule has 0 spiro atoms. The van der Waals surface area contributed by atoms with Crippen molar-refractivity contribution in [3.63, 3.8) is 0 Å². The van der Waals surface area contributed by atoms with Crippen LogP contribution in [-0.4, -0.2) is 43.2 Å². The summed E-state index contributed by atoms with van der Waals surface area (Å²) < 4.78 is 13.7. The molecular weight excluding hydrogens is 423 g/mol. The average Bonchev–Trinajstić information content (AvgIpc) is 3.31. The standard InChI is InChI=1S/C24H23FN6O2/c1-15-18-7-8-21(32)31(14-16-4-2-5-17(25)12-16)23(18)29-22(28-15)20-6-3-11-30(20)24(33)19-13-26-9-10-27-19/h2,4-5,9-10,12-13,20H,3,6-8,11,14H2,1H3/t20-/m0/s1. The third-order valence-electron chi connectivity index (χ3n) is 6.18. The van der Waals surface area contributed by atoms with Crippen molar-refractivity contribution in [1.29, 1.82) is 0 Å². The summed E-state index contributed by atoms with van der Waals surface area (Å²) in [6, 6.07) is 5.91. The summed E-state index contributed by atoms with van der Waals surface area (Å²) in [7, 11) is 0. The summed E-state index contributed by atoms with van der Waals surface area (Å²) in [6.07, 6.45) is 6.94. The number of aryl methyl sites for hydroxylation is 1. The molecule has 2 aliphatic heterocycles. The van der Waals surface area contributed by atoms with Crippen LogP contribution in [0.2, 0.25) is 0 Å². The number of nitrogens with zero attached hydrogens (tertiary/aromatic N) is 6. The Kier molecular flexibility index (Phi) is 5.53. The van der Waals surface area contributed by atoms with Crippen LogP contribution in [0.3, 0.4) is 0 Å². The lowest BCUT2D eigenvalue weighted by Crippen LogP contribution is -2.37. The summed E-state index contributed by atoms with van der Waals surface area (Å²) in [4.78, 5) is 46.9. The Balaban J connectivity index is 1.50. The Bertz CT molecular complexity index is 1220. The van der Waals surface area contributed by atoms with Gasteiger partial charge in [-0.25, -0.2) is 19.3 Å². The van der Waals surface area contributed by atoms with E-state index in [0.29, 0.717) is 36.6 Å². The molecule has 5 rings (SSSR count). The molecule has 0 bridgehead atoms. The van der Waals surface area contributed by atoms with Gasteiger partial charge in [0, 0.05) is 36.6 Å². The minimum absolute atomic E-state index is 0.0604. The molecule has 3 aromatic rings. The number of likely N-dealkylation sites (tertiary alicyclic amines) is 1. The van der Waals surface area contributed by atoms with Crippen LogP contribution in [0.1, 0.15) is 58.4 Å². The lowest BCUT2D eigenvalue weighted by molar-refractivity contribution is -0.119. The molecule has 0 saturated carbocycles. The maximum Gasteiger partial charge on any atom is 0.274 e. The zero-order chi connectivity index (χ0) is 22.9. The van der Waals surface area contributed by atoms with Crippen molar-refractivity contribution in [3.8, 4) is 0 Å². The number of anilines is 1. The summed E-state index contributed by atoms with van der Waals surface area (Å²) in [5, 5.41) is 0. The molecule has 0 N–H and O–H groups in total. The molecule has 1 saturated heterocycles. The Hall–Kier alpha value is -3.75. The molecule has 2 aliphatic rings. The van der Waals surface area contributed by atoms with E-state index >= 15 is 0 Å².